The van der Waals surface area contributed by atoms with E-state index in [9.17, 15) is 5.11 Å². The van der Waals surface area contributed by atoms with Crippen LogP contribution in [0, 0.1) is 5.92 Å². The van der Waals surface area contributed by atoms with Gasteiger partial charge in [0.15, 0.2) is 0 Å². The molecule has 1 aromatic heterocycles. The number of fused-ring (bicyclic) bond motifs is 1. The van der Waals surface area contributed by atoms with Crippen molar-refractivity contribution in [3.05, 3.63) is 88.2 Å². The summed E-state index contributed by atoms with van der Waals surface area (Å²) < 4.78 is 0.722. The van der Waals surface area contributed by atoms with Gasteiger partial charge in [-0.05, 0) is 53.6 Å². The minimum Gasteiger partial charge on any atom is -0.372 e. The predicted octanol–water partition coefficient (Wildman–Crippen LogP) is 4.40. The fourth-order valence-electron chi connectivity index (χ4n) is 3.80. The van der Waals surface area contributed by atoms with Crippen LogP contribution in [0.3, 0.4) is 0 Å². The summed E-state index contributed by atoms with van der Waals surface area (Å²) in [6.07, 6.45) is 11.3. The molecule has 0 fully saturated rings. The molecule has 7 heteroatoms. The molecule has 1 aromatic carbocycles. The Bertz CT molecular complexity index is 1060. The number of aliphatic hydroxyl groups excluding tert-OH is 1. The van der Waals surface area contributed by atoms with E-state index in [0.717, 1.165) is 27.0 Å². The number of nitrogen functional groups attached to an aromatic ring is 1. The number of hydrogen-bond acceptors (Lipinski definition) is 6. The summed E-state index contributed by atoms with van der Waals surface area (Å²) in [5.74, 6) is 0.673. The third kappa shape index (κ3) is 4.04. The van der Waals surface area contributed by atoms with Crippen LogP contribution in [0.15, 0.2) is 88.2 Å². The minimum atomic E-state index is -0.739. The molecule has 1 aliphatic heterocycles. The van der Waals surface area contributed by atoms with Crippen LogP contribution in [0.4, 0.5) is 17.5 Å². The average molecular weight is 466 g/mol. The van der Waals surface area contributed by atoms with Gasteiger partial charge in [0.2, 0.25) is 5.95 Å². The smallest absolute Gasteiger partial charge is 0.221 e. The molecule has 0 radical (unpaired) electrons. The number of rotatable bonds is 4. The molecule has 0 bridgehead atoms. The first-order chi connectivity index (χ1) is 14.4. The Kier molecular flexibility index (Phi) is 5.74. The quantitative estimate of drug-likeness (QED) is 0.619. The summed E-state index contributed by atoms with van der Waals surface area (Å²) >= 11 is 3.47. The summed E-state index contributed by atoms with van der Waals surface area (Å²) in [5.41, 5.74) is 9.81. The molecule has 4 N–H and O–H groups in total. The van der Waals surface area contributed by atoms with Crippen molar-refractivity contribution in [1.29, 1.82) is 0 Å². The highest BCUT2D eigenvalue weighted by atomic mass is 79.9. The van der Waals surface area contributed by atoms with Gasteiger partial charge in [-0.25, -0.2) is 4.98 Å². The molecular formula is C23H24BrN5O. The van der Waals surface area contributed by atoms with Crippen molar-refractivity contribution in [2.45, 2.75) is 26.1 Å². The fourth-order valence-corrected chi connectivity index (χ4v) is 4.10. The Morgan fingerprint density at radius 3 is 2.80 bits per heavy atom. The highest BCUT2D eigenvalue weighted by molar-refractivity contribution is 9.10. The number of hydrogen-bond donors (Lipinski definition) is 3. The maximum atomic E-state index is 11.4. The highest BCUT2D eigenvalue weighted by Crippen LogP contribution is 2.38. The molecule has 0 saturated carbocycles. The number of nitrogens with zero attached hydrogens (tertiary/aromatic N) is 3. The van der Waals surface area contributed by atoms with Crippen molar-refractivity contribution in [2.75, 3.05) is 16.0 Å². The highest BCUT2D eigenvalue weighted by Gasteiger charge is 2.35. The zero-order chi connectivity index (χ0) is 21.3. The Hall–Kier alpha value is -2.90. The molecule has 0 spiro atoms. The lowest BCUT2D eigenvalue weighted by Gasteiger charge is -2.42. The average Bonchev–Trinajstić information content (AvgIpc) is 2.92. The molecule has 2 aromatic rings. The molecule has 0 saturated heterocycles. The van der Waals surface area contributed by atoms with E-state index in [4.69, 9.17) is 5.73 Å². The number of halogens is 1. The van der Waals surface area contributed by atoms with Crippen LogP contribution in [0.5, 0.6) is 0 Å². The molecule has 2 aliphatic rings. The zero-order valence-corrected chi connectivity index (χ0v) is 18.4. The largest absolute Gasteiger partial charge is 0.372 e. The van der Waals surface area contributed by atoms with Crippen LogP contribution in [0.1, 0.15) is 13.8 Å². The van der Waals surface area contributed by atoms with E-state index in [0.29, 0.717) is 5.82 Å². The number of nitrogens with two attached hydrogens (primary N) is 1. The number of aromatic nitrogens is 2. The Morgan fingerprint density at radius 1 is 1.27 bits per heavy atom. The van der Waals surface area contributed by atoms with Gasteiger partial charge in [0.25, 0.3) is 0 Å². The first kappa shape index (κ1) is 20.4. The first-order valence-corrected chi connectivity index (χ1v) is 10.6. The molecule has 1 aliphatic carbocycles. The molecule has 2 unspecified atom stereocenters. The molecule has 30 heavy (non-hydrogen) atoms. The van der Waals surface area contributed by atoms with E-state index in [-0.39, 0.29) is 17.9 Å². The van der Waals surface area contributed by atoms with Crippen LogP contribution >= 0.6 is 15.9 Å². The van der Waals surface area contributed by atoms with Crippen LogP contribution in [0.2, 0.25) is 0 Å². The van der Waals surface area contributed by atoms with Gasteiger partial charge in [-0.2, -0.15) is 4.98 Å². The number of nitrogens with one attached hydrogen (secondary N) is 1. The predicted molar refractivity (Wildman–Crippen MR) is 125 cm³/mol. The third-order valence-corrected chi connectivity index (χ3v) is 5.83. The lowest BCUT2D eigenvalue weighted by Crippen LogP contribution is -2.47. The number of para-hydroxylation sites is 1. The van der Waals surface area contributed by atoms with Crippen LogP contribution in [-0.2, 0) is 0 Å². The van der Waals surface area contributed by atoms with Crippen molar-refractivity contribution in [3.8, 4) is 0 Å². The normalized spacial score (nSPS) is 21.7. The second kappa shape index (κ2) is 8.45. The summed E-state index contributed by atoms with van der Waals surface area (Å²) in [4.78, 5) is 10.3. The molecule has 6 nitrogen and oxygen atoms in total. The van der Waals surface area contributed by atoms with Gasteiger partial charge in [-0.1, -0.05) is 48.1 Å². The van der Waals surface area contributed by atoms with Gasteiger partial charge in [0.05, 0.1) is 10.5 Å². The van der Waals surface area contributed by atoms with Crippen LogP contribution in [0.25, 0.3) is 0 Å². The Labute approximate surface area is 184 Å². The van der Waals surface area contributed by atoms with Gasteiger partial charge in [0.1, 0.15) is 12.0 Å². The van der Waals surface area contributed by atoms with E-state index in [1.54, 1.807) is 6.20 Å². The van der Waals surface area contributed by atoms with E-state index < -0.39 is 6.23 Å². The summed E-state index contributed by atoms with van der Waals surface area (Å²) in [7, 11) is 0. The molecule has 2 heterocycles. The van der Waals surface area contributed by atoms with Gasteiger partial charge in [-0.15, -0.1) is 0 Å². The van der Waals surface area contributed by atoms with Crippen molar-refractivity contribution in [1.82, 2.24) is 9.97 Å². The van der Waals surface area contributed by atoms with Crippen molar-refractivity contribution < 1.29 is 5.11 Å². The molecule has 3 atom stereocenters. The minimum absolute atomic E-state index is 0.127. The molecule has 4 rings (SSSR count). The Balaban J connectivity index is 1.77. The zero-order valence-electron chi connectivity index (χ0n) is 16.8. The first-order valence-electron chi connectivity index (χ1n) is 9.79. The van der Waals surface area contributed by atoms with Crippen molar-refractivity contribution in [3.63, 3.8) is 0 Å². The topological polar surface area (TPSA) is 87.3 Å². The molecule has 0 amide bonds. The van der Waals surface area contributed by atoms with Crippen molar-refractivity contribution >= 4 is 33.4 Å². The van der Waals surface area contributed by atoms with Crippen LogP contribution in [-0.4, -0.2) is 27.3 Å². The third-order valence-electron chi connectivity index (χ3n) is 5.25. The lowest BCUT2D eigenvalue weighted by atomic mass is 9.88. The summed E-state index contributed by atoms with van der Waals surface area (Å²) in [6.45, 7) is 4.08. The summed E-state index contributed by atoms with van der Waals surface area (Å²) in [6, 6.07) is 9.76. The maximum absolute atomic E-state index is 11.4. The lowest BCUT2D eigenvalue weighted by molar-refractivity contribution is 0.142. The van der Waals surface area contributed by atoms with E-state index >= 15 is 0 Å². The van der Waals surface area contributed by atoms with Gasteiger partial charge in [-0.3, -0.25) is 0 Å². The van der Waals surface area contributed by atoms with Gasteiger partial charge >= 0.3 is 0 Å². The fraction of sp³-hybridized carbons (Fsp3) is 0.217. The number of aliphatic hydroxyl groups is 1. The Morgan fingerprint density at radius 2 is 2.03 bits per heavy atom. The second-order valence-electron chi connectivity index (χ2n) is 7.44. The maximum Gasteiger partial charge on any atom is 0.221 e. The molecular weight excluding hydrogens is 442 g/mol. The SMILES string of the molecule is CC1=CC2C(=CC=C1)C=C([C@H](C)Nc1nc(N)ncc1Br)N(c1ccccc1)C2O. The molecule has 154 valence electrons. The van der Waals surface area contributed by atoms with E-state index in [1.807, 2.05) is 55.2 Å². The second-order valence-corrected chi connectivity index (χ2v) is 8.30. The van der Waals surface area contributed by atoms with E-state index in [2.05, 4.69) is 55.5 Å². The van der Waals surface area contributed by atoms with Gasteiger partial charge in [0, 0.05) is 23.5 Å². The van der Waals surface area contributed by atoms with Crippen LogP contribution < -0.4 is 16.0 Å². The van der Waals surface area contributed by atoms with E-state index in [1.165, 1.54) is 0 Å². The number of anilines is 3. The number of benzene rings is 1. The van der Waals surface area contributed by atoms with Crippen molar-refractivity contribution in [2.24, 2.45) is 5.92 Å². The number of allylic oxidation sites excluding steroid dienone is 5. The summed E-state index contributed by atoms with van der Waals surface area (Å²) in [5, 5.41) is 14.8. The van der Waals surface area contributed by atoms with Gasteiger partial charge < -0.3 is 21.1 Å². The monoisotopic (exact) mass is 465 g/mol. The standard InChI is InChI=1S/C23H24BrN5O/c1-14-7-6-8-16-12-20(15(2)27-21-19(24)13-26-23(25)28-21)29(22(30)18(16)11-14)17-9-4-3-5-10-17/h3-13,15,18,22,30H,1-2H3,(H3,25,26,27,28)/t15-,18?,22?/m0/s1.